The summed E-state index contributed by atoms with van der Waals surface area (Å²) in [6.07, 6.45) is 3.58. The maximum absolute atomic E-state index is 12.4. The van der Waals surface area contributed by atoms with E-state index < -0.39 is 26.0 Å². The van der Waals surface area contributed by atoms with Crippen LogP contribution in [0.2, 0.25) is 0 Å². The van der Waals surface area contributed by atoms with Gasteiger partial charge in [0.05, 0.1) is 10.4 Å². The number of carbonyl (C=O) groups is 1. The van der Waals surface area contributed by atoms with Crippen LogP contribution in [0, 0.1) is 0 Å². The molecular weight excluding hydrogens is 314 g/mol. The Morgan fingerprint density at radius 2 is 1.77 bits per heavy atom. The van der Waals surface area contributed by atoms with Gasteiger partial charge in [-0.1, -0.05) is 12.8 Å². The van der Waals surface area contributed by atoms with Crippen molar-refractivity contribution in [2.45, 2.75) is 41.9 Å². The lowest BCUT2D eigenvalue weighted by atomic mass is 9.97. The molecule has 1 fully saturated rings. The molecule has 1 aromatic carbocycles. The first-order valence-corrected chi connectivity index (χ1v) is 8.50. The third-order valence-corrected chi connectivity index (χ3v) is 5.41. The van der Waals surface area contributed by atoms with E-state index in [1.165, 1.54) is 12.1 Å². The van der Waals surface area contributed by atoms with E-state index in [1.54, 1.807) is 0 Å². The van der Waals surface area contributed by atoms with Gasteiger partial charge in [0.1, 0.15) is 0 Å². The number of nitrogens with one attached hydrogen (secondary N) is 1. The molecular formula is C14H18F2N2O3S. The van der Waals surface area contributed by atoms with Crippen LogP contribution < -0.4 is 11.1 Å². The monoisotopic (exact) mass is 332 g/mol. The SMILES string of the molecule is NCC1(NC(=O)c2ccc(S(=O)(=O)C(F)F)cc2)CCCC1. The highest BCUT2D eigenvalue weighted by Gasteiger charge is 2.34. The number of sulfone groups is 1. The molecule has 3 N–H and O–H groups in total. The number of alkyl halides is 2. The Hall–Kier alpha value is -1.54. The van der Waals surface area contributed by atoms with E-state index in [1.807, 2.05) is 0 Å². The van der Waals surface area contributed by atoms with Crippen LogP contribution >= 0.6 is 0 Å². The quantitative estimate of drug-likeness (QED) is 0.858. The number of benzene rings is 1. The van der Waals surface area contributed by atoms with E-state index in [4.69, 9.17) is 5.73 Å². The van der Waals surface area contributed by atoms with Crippen LogP contribution in [0.5, 0.6) is 0 Å². The highest BCUT2D eigenvalue weighted by molar-refractivity contribution is 7.91. The molecule has 0 bridgehead atoms. The second-order valence-electron chi connectivity index (χ2n) is 5.48. The Balaban J connectivity index is 2.15. The van der Waals surface area contributed by atoms with E-state index in [2.05, 4.69) is 5.32 Å². The van der Waals surface area contributed by atoms with Gasteiger partial charge in [0, 0.05) is 12.1 Å². The van der Waals surface area contributed by atoms with Gasteiger partial charge in [0.15, 0.2) is 0 Å². The first-order valence-electron chi connectivity index (χ1n) is 6.95. The summed E-state index contributed by atoms with van der Waals surface area (Å²) in [6, 6.07) is 4.48. The first kappa shape index (κ1) is 16.8. The number of halogens is 2. The van der Waals surface area contributed by atoms with Crippen molar-refractivity contribution in [3.8, 4) is 0 Å². The Kier molecular flexibility index (Phi) is 4.81. The average Bonchev–Trinajstić information content (AvgIpc) is 2.96. The Morgan fingerprint density at radius 3 is 2.23 bits per heavy atom. The second-order valence-corrected chi connectivity index (χ2v) is 7.39. The molecule has 1 amide bonds. The van der Waals surface area contributed by atoms with E-state index in [9.17, 15) is 22.0 Å². The van der Waals surface area contributed by atoms with Crippen molar-refractivity contribution in [2.75, 3.05) is 6.54 Å². The van der Waals surface area contributed by atoms with Gasteiger partial charge in [0.2, 0.25) is 9.84 Å². The van der Waals surface area contributed by atoms with Gasteiger partial charge in [0.25, 0.3) is 5.91 Å². The van der Waals surface area contributed by atoms with E-state index in [0.29, 0.717) is 6.54 Å². The fourth-order valence-corrected chi connectivity index (χ4v) is 3.36. The molecule has 1 aliphatic rings. The van der Waals surface area contributed by atoms with Gasteiger partial charge in [-0.15, -0.1) is 0 Å². The fourth-order valence-electron chi connectivity index (χ4n) is 2.64. The van der Waals surface area contributed by atoms with Gasteiger partial charge >= 0.3 is 5.76 Å². The van der Waals surface area contributed by atoms with Crippen molar-refractivity contribution in [1.29, 1.82) is 0 Å². The standard InChI is InChI=1S/C14H18F2N2O3S/c15-13(16)22(20,21)11-5-3-10(4-6-11)12(19)18-14(9-17)7-1-2-8-14/h3-6,13H,1-2,7-9,17H2,(H,18,19). The zero-order valence-corrected chi connectivity index (χ0v) is 12.7. The highest BCUT2D eigenvalue weighted by atomic mass is 32.2. The molecule has 0 unspecified atom stereocenters. The van der Waals surface area contributed by atoms with Crippen LogP contribution in [0.4, 0.5) is 8.78 Å². The molecule has 5 nitrogen and oxygen atoms in total. The Labute approximate surface area is 127 Å². The van der Waals surface area contributed by atoms with Crippen molar-refractivity contribution >= 4 is 15.7 Å². The number of carbonyl (C=O) groups excluding carboxylic acids is 1. The number of nitrogens with two attached hydrogens (primary N) is 1. The minimum absolute atomic E-state index is 0.216. The summed E-state index contributed by atoms with van der Waals surface area (Å²) in [7, 11) is -4.64. The normalized spacial score (nSPS) is 17.6. The molecule has 0 aliphatic heterocycles. The number of amides is 1. The van der Waals surface area contributed by atoms with Gasteiger partial charge in [-0.2, -0.15) is 8.78 Å². The lowest BCUT2D eigenvalue weighted by molar-refractivity contribution is 0.0903. The molecule has 1 saturated carbocycles. The lowest BCUT2D eigenvalue weighted by Gasteiger charge is -2.28. The predicted molar refractivity (Wildman–Crippen MR) is 77.4 cm³/mol. The minimum atomic E-state index is -4.64. The van der Waals surface area contributed by atoms with Crippen LogP contribution in [-0.4, -0.2) is 32.2 Å². The van der Waals surface area contributed by atoms with E-state index in [0.717, 1.165) is 37.8 Å². The van der Waals surface area contributed by atoms with Crippen molar-refractivity contribution in [3.05, 3.63) is 29.8 Å². The third kappa shape index (κ3) is 3.27. The molecule has 8 heteroatoms. The number of rotatable bonds is 5. The summed E-state index contributed by atoms with van der Waals surface area (Å²) >= 11 is 0. The molecule has 0 aromatic heterocycles. The van der Waals surface area contributed by atoms with Crippen LogP contribution in [-0.2, 0) is 9.84 Å². The maximum Gasteiger partial charge on any atom is 0.341 e. The summed E-state index contributed by atoms with van der Waals surface area (Å²) in [5, 5.41) is 2.88. The molecule has 0 atom stereocenters. The smallest absolute Gasteiger partial charge is 0.341 e. The van der Waals surface area contributed by atoms with Gasteiger partial charge < -0.3 is 11.1 Å². The molecule has 122 valence electrons. The largest absolute Gasteiger partial charge is 0.345 e. The minimum Gasteiger partial charge on any atom is -0.345 e. The zero-order valence-electron chi connectivity index (χ0n) is 11.9. The summed E-state index contributed by atoms with van der Waals surface area (Å²) in [5.74, 6) is -3.86. The summed E-state index contributed by atoms with van der Waals surface area (Å²) in [6.45, 7) is 0.330. The number of hydrogen-bond donors (Lipinski definition) is 2. The molecule has 2 rings (SSSR count). The van der Waals surface area contributed by atoms with Crippen molar-refractivity contribution in [3.63, 3.8) is 0 Å². The molecule has 0 saturated heterocycles. The summed E-state index contributed by atoms with van der Waals surface area (Å²) < 4.78 is 47.5. The number of hydrogen-bond acceptors (Lipinski definition) is 4. The molecule has 0 radical (unpaired) electrons. The van der Waals surface area contributed by atoms with Crippen LogP contribution in [0.1, 0.15) is 36.0 Å². The van der Waals surface area contributed by atoms with Crippen LogP contribution in [0.3, 0.4) is 0 Å². The fraction of sp³-hybridized carbons (Fsp3) is 0.500. The molecule has 1 aliphatic carbocycles. The van der Waals surface area contributed by atoms with E-state index >= 15 is 0 Å². The van der Waals surface area contributed by atoms with Gasteiger partial charge in [-0.3, -0.25) is 4.79 Å². The maximum atomic E-state index is 12.4. The molecule has 0 spiro atoms. The third-order valence-electron chi connectivity index (χ3n) is 4.01. The second kappa shape index (κ2) is 6.29. The highest BCUT2D eigenvalue weighted by Crippen LogP contribution is 2.29. The van der Waals surface area contributed by atoms with Crippen LogP contribution in [0.25, 0.3) is 0 Å². The molecule has 0 heterocycles. The Bertz CT molecular complexity index is 639. The van der Waals surface area contributed by atoms with E-state index in [-0.39, 0.29) is 11.5 Å². The summed E-state index contributed by atoms with van der Waals surface area (Å²) in [5.41, 5.74) is 5.52. The van der Waals surface area contributed by atoms with Crippen molar-refractivity contribution < 1.29 is 22.0 Å². The first-order chi connectivity index (χ1) is 10.3. The topological polar surface area (TPSA) is 89.3 Å². The summed E-state index contributed by atoms with van der Waals surface area (Å²) in [4.78, 5) is 11.7. The predicted octanol–water partition coefficient (Wildman–Crippen LogP) is 1.68. The molecule has 1 aromatic rings. The molecule has 22 heavy (non-hydrogen) atoms. The lowest BCUT2D eigenvalue weighted by Crippen LogP contribution is -2.51. The van der Waals surface area contributed by atoms with Crippen LogP contribution in [0.15, 0.2) is 29.2 Å². The zero-order chi connectivity index (χ0) is 16.4. The van der Waals surface area contributed by atoms with Crippen molar-refractivity contribution in [2.24, 2.45) is 5.73 Å². The Morgan fingerprint density at radius 1 is 1.23 bits per heavy atom. The average molecular weight is 332 g/mol. The van der Waals surface area contributed by atoms with Gasteiger partial charge in [-0.25, -0.2) is 8.42 Å². The van der Waals surface area contributed by atoms with Crippen molar-refractivity contribution in [1.82, 2.24) is 5.32 Å². The van der Waals surface area contributed by atoms with Gasteiger partial charge in [-0.05, 0) is 37.1 Å².